The van der Waals surface area contributed by atoms with Gasteiger partial charge < -0.3 is 9.57 Å². The summed E-state index contributed by atoms with van der Waals surface area (Å²) in [5.74, 6) is 0. The second-order valence-corrected chi connectivity index (χ2v) is 4.54. The summed E-state index contributed by atoms with van der Waals surface area (Å²) in [6.07, 6.45) is -0.742. The predicted octanol–water partition coefficient (Wildman–Crippen LogP) is 1.71. The first-order chi connectivity index (χ1) is 9.63. The fourth-order valence-corrected chi connectivity index (χ4v) is 2.33. The second-order valence-electron chi connectivity index (χ2n) is 4.54. The fraction of sp³-hybridized carbons (Fsp3) is 0.308. The molecule has 1 aromatic carbocycles. The summed E-state index contributed by atoms with van der Waals surface area (Å²) in [5.41, 5.74) is 1.40. The third kappa shape index (κ3) is 1.70. The standard InChI is InChI=1S/C13H13N3O4/c1-8-7-11(20-14-8)15-9-5-3-4-6-10(9)16(12(15)17)13(18)19-2/h3-6,11H,7H2,1-2H3. The van der Waals surface area contributed by atoms with Crippen LogP contribution in [0.5, 0.6) is 0 Å². The van der Waals surface area contributed by atoms with Gasteiger partial charge in [0, 0.05) is 6.42 Å². The molecule has 3 rings (SSSR count). The van der Waals surface area contributed by atoms with Gasteiger partial charge in [-0.05, 0) is 19.1 Å². The van der Waals surface area contributed by atoms with Crippen LogP contribution in [0.1, 0.15) is 19.6 Å². The number of ether oxygens (including phenoxy) is 1. The maximum absolute atomic E-state index is 12.5. The van der Waals surface area contributed by atoms with Crippen molar-refractivity contribution in [2.75, 3.05) is 7.11 Å². The number of para-hydroxylation sites is 2. The van der Waals surface area contributed by atoms with Gasteiger partial charge >= 0.3 is 11.8 Å². The van der Waals surface area contributed by atoms with Crippen LogP contribution >= 0.6 is 0 Å². The van der Waals surface area contributed by atoms with Gasteiger partial charge in [-0.1, -0.05) is 17.3 Å². The number of nitrogens with zero attached hydrogens (tertiary/aromatic N) is 3. The molecule has 1 aliphatic rings. The number of imidazole rings is 1. The van der Waals surface area contributed by atoms with E-state index in [1.165, 1.54) is 11.7 Å². The first kappa shape index (κ1) is 12.5. The summed E-state index contributed by atoms with van der Waals surface area (Å²) in [7, 11) is 1.24. The van der Waals surface area contributed by atoms with Crippen molar-refractivity contribution in [1.82, 2.24) is 9.13 Å². The lowest BCUT2D eigenvalue weighted by Gasteiger charge is -2.09. The van der Waals surface area contributed by atoms with Crippen molar-refractivity contribution in [2.24, 2.45) is 5.16 Å². The van der Waals surface area contributed by atoms with Crippen LogP contribution < -0.4 is 5.69 Å². The maximum Gasteiger partial charge on any atom is 0.422 e. The molecule has 1 unspecified atom stereocenters. The van der Waals surface area contributed by atoms with Gasteiger partial charge in [-0.25, -0.2) is 9.59 Å². The van der Waals surface area contributed by atoms with Gasteiger partial charge in [0.15, 0.2) is 0 Å². The topological polar surface area (TPSA) is 74.8 Å². The molecule has 0 N–H and O–H groups in total. The largest absolute Gasteiger partial charge is 0.452 e. The monoisotopic (exact) mass is 275 g/mol. The van der Waals surface area contributed by atoms with E-state index in [1.807, 2.05) is 6.92 Å². The SMILES string of the molecule is COC(=O)n1c(=O)n(C2CC(C)=NO2)c2ccccc21. The Morgan fingerprint density at radius 2 is 2.10 bits per heavy atom. The zero-order valence-corrected chi connectivity index (χ0v) is 11.1. The molecule has 0 radical (unpaired) electrons. The number of hydrogen-bond acceptors (Lipinski definition) is 5. The van der Waals surface area contributed by atoms with E-state index in [4.69, 9.17) is 4.84 Å². The lowest BCUT2D eigenvalue weighted by Crippen LogP contribution is -2.31. The minimum Gasteiger partial charge on any atom is -0.452 e. The Morgan fingerprint density at radius 3 is 2.70 bits per heavy atom. The highest BCUT2D eigenvalue weighted by molar-refractivity contribution is 5.87. The van der Waals surface area contributed by atoms with E-state index in [2.05, 4.69) is 9.89 Å². The minimum absolute atomic E-state index is 0.484. The molecular weight excluding hydrogens is 262 g/mol. The smallest absolute Gasteiger partial charge is 0.422 e. The summed E-state index contributed by atoms with van der Waals surface area (Å²) >= 11 is 0. The third-order valence-corrected chi connectivity index (χ3v) is 3.22. The van der Waals surface area contributed by atoms with E-state index in [0.717, 1.165) is 10.3 Å². The van der Waals surface area contributed by atoms with E-state index in [0.29, 0.717) is 17.5 Å². The maximum atomic E-state index is 12.5. The van der Waals surface area contributed by atoms with E-state index < -0.39 is 18.0 Å². The molecule has 0 aliphatic carbocycles. The molecule has 2 heterocycles. The highest BCUT2D eigenvalue weighted by atomic mass is 16.7. The normalized spacial score (nSPS) is 17.9. The first-order valence-electron chi connectivity index (χ1n) is 6.13. The second kappa shape index (κ2) is 4.52. The van der Waals surface area contributed by atoms with E-state index >= 15 is 0 Å². The van der Waals surface area contributed by atoms with Crippen molar-refractivity contribution in [1.29, 1.82) is 0 Å². The number of fused-ring (bicyclic) bond motifs is 1. The summed E-state index contributed by atoms with van der Waals surface area (Å²) < 4.78 is 7.08. The van der Waals surface area contributed by atoms with E-state index in [1.54, 1.807) is 24.3 Å². The van der Waals surface area contributed by atoms with Gasteiger partial charge in [-0.3, -0.25) is 4.57 Å². The number of aromatic nitrogens is 2. The van der Waals surface area contributed by atoms with Crippen LogP contribution in [0.4, 0.5) is 4.79 Å². The predicted molar refractivity (Wildman–Crippen MR) is 71.8 cm³/mol. The molecule has 20 heavy (non-hydrogen) atoms. The van der Waals surface area contributed by atoms with Gasteiger partial charge in [-0.15, -0.1) is 0 Å². The Kier molecular flexibility index (Phi) is 2.81. The first-order valence-corrected chi connectivity index (χ1v) is 6.13. The van der Waals surface area contributed by atoms with Crippen molar-refractivity contribution in [3.63, 3.8) is 0 Å². The zero-order chi connectivity index (χ0) is 14.3. The molecule has 104 valence electrons. The number of rotatable bonds is 1. The Morgan fingerprint density at radius 1 is 1.40 bits per heavy atom. The average molecular weight is 275 g/mol. The quantitative estimate of drug-likeness (QED) is 0.794. The van der Waals surface area contributed by atoms with Crippen LogP contribution in [0.2, 0.25) is 0 Å². The molecule has 7 heteroatoms. The van der Waals surface area contributed by atoms with Crippen molar-refractivity contribution >= 4 is 22.8 Å². The van der Waals surface area contributed by atoms with E-state index in [-0.39, 0.29) is 0 Å². The number of oxime groups is 1. The van der Waals surface area contributed by atoms with Crippen molar-refractivity contribution < 1.29 is 14.4 Å². The molecule has 0 saturated heterocycles. The molecule has 2 aromatic rings. The van der Waals surface area contributed by atoms with Crippen LogP contribution in [0, 0.1) is 0 Å². The number of methoxy groups -OCH3 is 1. The highest BCUT2D eigenvalue weighted by Gasteiger charge is 2.27. The van der Waals surface area contributed by atoms with Crippen LogP contribution in [0.15, 0.2) is 34.2 Å². The number of hydrogen-bond donors (Lipinski definition) is 0. The molecule has 0 saturated carbocycles. The minimum atomic E-state index is -0.722. The molecule has 1 atom stereocenters. The lowest BCUT2D eigenvalue weighted by atomic mass is 10.2. The molecule has 0 spiro atoms. The van der Waals surface area contributed by atoms with Crippen LogP contribution in [-0.4, -0.2) is 28.0 Å². The van der Waals surface area contributed by atoms with Gasteiger partial charge in [0.1, 0.15) is 0 Å². The van der Waals surface area contributed by atoms with Crippen molar-refractivity contribution in [3.8, 4) is 0 Å². The van der Waals surface area contributed by atoms with Crippen LogP contribution in [0.3, 0.4) is 0 Å². The molecular formula is C13H13N3O4. The summed E-state index contributed by atoms with van der Waals surface area (Å²) in [6.45, 7) is 1.82. The zero-order valence-electron chi connectivity index (χ0n) is 11.1. The Balaban J connectivity index is 2.25. The average Bonchev–Trinajstić information content (AvgIpc) is 2.98. The van der Waals surface area contributed by atoms with Gasteiger partial charge in [0.05, 0.1) is 23.9 Å². The Hall–Kier alpha value is -2.57. The Labute approximate surface area is 114 Å². The molecule has 0 amide bonds. The van der Waals surface area contributed by atoms with Crippen LogP contribution in [-0.2, 0) is 9.57 Å². The van der Waals surface area contributed by atoms with Crippen molar-refractivity contribution in [3.05, 3.63) is 34.7 Å². The van der Waals surface area contributed by atoms with Crippen molar-refractivity contribution in [2.45, 2.75) is 19.6 Å². The summed E-state index contributed by atoms with van der Waals surface area (Å²) in [4.78, 5) is 29.5. The third-order valence-electron chi connectivity index (χ3n) is 3.22. The molecule has 1 aromatic heterocycles. The number of benzene rings is 1. The molecule has 0 fully saturated rings. The highest BCUT2D eigenvalue weighted by Crippen LogP contribution is 2.24. The van der Waals surface area contributed by atoms with Crippen LogP contribution in [0.25, 0.3) is 11.0 Å². The lowest BCUT2D eigenvalue weighted by molar-refractivity contribution is 0.0325. The summed E-state index contributed by atoms with van der Waals surface area (Å²) in [6, 6.07) is 6.99. The Bertz CT molecular complexity index is 772. The number of carbonyl (C=O) groups is 1. The van der Waals surface area contributed by atoms with Gasteiger partial charge in [0.2, 0.25) is 6.23 Å². The van der Waals surface area contributed by atoms with Gasteiger partial charge in [-0.2, -0.15) is 4.57 Å². The number of carbonyl (C=O) groups excluding carboxylic acids is 1. The molecule has 7 nitrogen and oxygen atoms in total. The molecule has 1 aliphatic heterocycles. The fourth-order valence-electron chi connectivity index (χ4n) is 2.33. The van der Waals surface area contributed by atoms with E-state index in [9.17, 15) is 9.59 Å². The summed E-state index contributed by atoms with van der Waals surface area (Å²) in [5, 5.41) is 3.85. The molecule has 0 bridgehead atoms. The van der Waals surface area contributed by atoms with Gasteiger partial charge in [0.25, 0.3) is 0 Å².